The third kappa shape index (κ3) is 3.10. The highest BCUT2D eigenvalue weighted by Crippen LogP contribution is 2.11. The molecule has 1 aromatic rings. The largest absolute Gasteiger partial charge is 0.397 e. The van der Waals surface area contributed by atoms with E-state index in [0.717, 1.165) is 0 Å². The number of nitrogens with two attached hydrogens (primary N) is 2. The van der Waals surface area contributed by atoms with Crippen LogP contribution in [0.4, 0.5) is 11.5 Å². The highest BCUT2D eigenvalue weighted by Gasteiger charge is 2.10. The zero-order chi connectivity index (χ0) is 11.4. The van der Waals surface area contributed by atoms with Gasteiger partial charge < -0.3 is 21.9 Å². The normalized spacial score (nSPS) is 12.1. The van der Waals surface area contributed by atoms with Crippen LogP contribution in [0.1, 0.15) is 5.69 Å². The Labute approximate surface area is 87.3 Å². The third-order valence-corrected chi connectivity index (χ3v) is 1.93. The molecule has 0 radical (unpaired) electrons. The van der Waals surface area contributed by atoms with Crippen molar-refractivity contribution in [1.82, 2.24) is 4.98 Å². The van der Waals surface area contributed by atoms with Gasteiger partial charge in [0.25, 0.3) is 0 Å². The lowest BCUT2D eigenvalue weighted by Gasteiger charge is -2.09. The van der Waals surface area contributed by atoms with Gasteiger partial charge in [0.2, 0.25) is 5.91 Å². The number of hydrogen-bond acceptors (Lipinski definition) is 5. The lowest BCUT2D eigenvalue weighted by Crippen LogP contribution is -2.34. The molecule has 1 amide bonds. The van der Waals surface area contributed by atoms with Gasteiger partial charge in [-0.3, -0.25) is 4.79 Å². The first-order valence-electron chi connectivity index (χ1n) is 4.45. The summed E-state index contributed by atoms with van der Waals surface area (Å²) in [5.41, 5.74) is 11.7. The van der Waals surface area contributed by atoms with Gasteiger partial charge in [-0.1, -0.05) is 0 Å². The van der Waals surface area contributed by atoms with Gasteiger partial charge in [-0.2, -0.15) is 0 Å². The highest BCUT2D eigenvalue weighted by atomic mass is 16.3. The molecule has 1 rings (SSSR count). The van der Waals surface area contributed by atoms with Crippen LogP contribution in [0.25, 0.3) is 0 Å². The van der Waals surface area contributed by atoms with E-state index in [-0.39, 0.29) is 6.54 Å². The van der Waals surface area contributed by atoms with Crippen molar-refractivity contribution in [3.8, 4) is 0 Å². The van der Waals surface area contributed by atoms with Crippen molar-refractivity contribution in [2.75, 3.05) is 17.6 Å². The minimum absolute atomic E-state index is 0.0334. The van der Waals surface area contributed by atoms with Gasteiger partial charge >= 0.3 is 0 Å². The molecule has 15 heavy (non-hydrogen) atoms. The quantitative estimate of drug-likeness (QED) is 0.521. The smallest absolute Gasteiger partial charge is 0.248 e. The number of aliphatic hydroxyl groups is 1. The Bertz CT molecular complexity index is 367. The molecule has 0 bridgehead atoms. The first-order valence-corrected chi connectivity index (χ1v) is 4.45. The number of aryl methyl sites for hydroxylation is 1. The average molecular weight is 210 g/mol. The van der Waals surface area contributed by atoms with E-state index in [4.69, 9.17) is 16.6 Å². The summed E-state index contributed by atoms with van der Waals surface area (Å²) in [5.74, 6) is -0.225. The van der Waals surface area contributed by atoms with Crippen molar-refractivity contribution in [3.63, 3.8) is 0 Å². The maximum Gasteiger partial charge on any atom is 0.248 e. The minimum atomic E-state index is -1.22. The second-order valence-electron chi connectivity index (χ2n) is 3.17. The summed E-state index contributed by atoms with van der Waals surface area (Å²) in [6, 6.07) is 3.36. The minimum Gasteiger partial charge on any atom is -0.397 e. The molecule has 0 aromatic carbocycles. The SMILES string of the molecule is Cc1nc(NCC(O)C(N)=O)ccc1N. The number of pyridine rings is 1. The Kier molecular flexibility index (Phi) is 3.46. The number of nitrogens with zero attached hydrogens (tertiary/aromatic N) is 1. The number of primary amides is 1. The van der Waals surface area contributed by atoms with Crippen LogP contribution >= 0.6 is 0 Å². The monoisotopic (exact) mass is 210 g/mol. The van der Waals surface area contributed by atoms with Crippen LogP contribution in [0.2, 0.25) is 0 Å². The molecule has 6 heteroatoms. The number of nitrogen functional groups attached to an aromatic ring is 1. The average Bonchev–Trinajstić information content (AvgIpc) is 2.19. The van der Waals surface area contributed by atoms with Crippen LogP contribution in [0.5, 0.6) is 0 Å². The summed E-state index contributed by atoms with van der Waals surface area (Å²) in [7, 11) is 0. The molecule has 0 saturated heterocycles. The molecule has 1 unspecified atom stereocenters. The van der Waals surface area contributed by atoms with Crippen LogP contribution in [0.15, 0.2) is 12.1 Å². The van der Waals surface area contributed by atoms with Crippen LogP contribution in [0.3, 0.4) is 0 Å². The van der Waals surface area contributed by atoms with Crippen LogP contribution in [0, 0.1) is 6.92 Å². The Morgan fingerprint density at radius 3 is 2.87 bits per heavy atom. The van der Waals surface area contributed by atoms with Crippen LogP contribution in [-0.4, -0.2) is 28.6 Å². The maximum absolute atomic E-state index is 10.5. The van der Waals surface area contributed by atoms with Crippen molar-refractivity contribution in [1.29, 1.82) is 0 Å². The number of hydrogen-bond donors (Lipinski definition) is 4. The molecule has 0 aliphatic carbocycles. The lowest BCUT2D eigenvalue weighted by molar-refractivity contribution is -0.125. The summed E-state index contributed by atoms with van der Waals surface area (Å²) < 4.78 is 0. The van der Waals surface area contributed by atoms with E-state index < -0.39 is 12.0 Å². The number of carbonyl (C=O) groups is 1. The molecule has 0 aliphatic heterocycles. The van der Waals surface area contributed by atoms with Gasteiger partial charge in [-0.15, -0.1) is 0 Å². The van der Waals surface area contributed by atoms with Gasteiger partial charge in [-0.05, 0) is 19.1 Å². The summed E-state index contributed by atoms with van der Waals surface area (Å²) in [4.78, 5) is 14.6. The highest BCUT2D eigenvalue weighted by molar-refractivity contribution is 5.79. The number of aromatic nitrogens is 1. The molecular weight excluding hydrogens is 196 g/mol. The van der Waals surface area contributed by atoms with Gasteiger partial charge in [-0.25, -0.2) is 4.98 Å². The Morgan fingerprint density at radius 2 is 2.33 bits per heavy atom. The predicted molar refractivity (Wildman–Crippen MR) is 57.1 cm³/mol. The fourth-order valence-corrected chi connectivity index (χ4v) is 0.972. The molecule has 1 aromatic heterocycles. The van der Waals surface area contributed by atoms with Crippen molar-refractivity contribution in [3.05, 3.63) is 17.8 Å². The summed E-state index contributed by atoms with van der Waals surface area (Å²) >= 11 is 0. The van der Waals surface area contributed by atoms with Crippen LogP contribution in [-0.2, 0) is 4.79 Å². The molecule has 6 nitrogen and oxygen atoms in total. The molecule has 1 heterocycles. The van der Waals surface area contributed by atoms with E-state index in [1.54, 1.807) is 19.1 Å². The van der Waals surface area contributed by atoms with Gasteiger partial charge in [0.1, 0.15) is 11.9 Å². The van der Waals surface area contributed by atoms with Gasteiger partial charge in [0.15, 0.2) is 0 Å². The van der Waals surface area contributed by atoms with Gasteiger partial charge in [0.05, 0.1) is 17.9 Å². The molecule has 0 fully saturated rings. The fraction of sp³-hybridized carbons (Fsp3) is 0.333. The van der Waals surface area contributed by atoms with Gasteiger partial charge in [0, 0.05) is 0 Å². The maximum atomic E-state index is 10.5. The summed E-state index contributed by atoms with van der Waals surface area (Å²) in [6.07, 6.45) is -1.22. The molecule has 6 N–H and O–H groups in total. The summed E-state index contributed by atoms with van der Waals surface area (Å²) in [5, 5.41) is 11.9. The molecule has 1 atom stereocenters. The first-order chi connectivity index (χ1) is 7.00. The summed E-state index contributed by atoms with van der Waals surface area (Å²) in [6.45, 7) is 1.80. The lowest BCUT2D eigenvalue weighted by atomic mass is 10.3. The number of amides is 1. The zero-order valence-corrected chi connectivity index (χ0v) is 8.40. The second kappa shape index (κ2) is 4.61. The van der Waals surface area contributed by atoms with E-state index in [2.05, 4.69) is 10.3 Å². The molecule has 0 spiro atoms. The number of nitrogens with one attached hydrogen (secondary N) is 1. The molecular formula is C9H14N4O2. The standard InChI is InChI=1S/C9H14N4O2/c1-5-6(10)2-3-8(13-5)12-4-7(14)9(11)15/h2-3,7,14H,4,10H2,1H3,(H2,11,15)(H,12,13). The van der Waals surface area contributed by atoms with E-state index in [9.17, 15) is 4.79 Å². The third-order valence-electron chi connectivity index (χ3n) is 1.93. The Morgan fingerprint density at radius 1 is 1.67 bits per heavy atom. The second-order valence-corrected chi connectivity index (χ2v) is 3.17. The molecule has 0 aliphatic rings. The number of aliphatic hydroxyl groups excluding tert-OH is 1. The van der Waals surface area contributed by atoms with E-state index in [1.165, 1.54) is 0 Å². The first kappa shape index (κ1) is 11.3. The van der Waals surface area contributed by atoms with Crippen molar-refractivity contribution in [2.45, 2.75) is 13.0 Å². The number of anilines is 2. The number of carbonyl (C=O) groups excluding carboxylic acids is 1. The fourth-order valence-electron chi connectivity index (χ4n) is 0.972. The Balaban J connectivity index is 2.58. The molecule has 0 saturated carbocycles. The van der Waals surface area contributed by atoms with Crippen molar-refractivity contribution in [2.24, 2.45) is 5.73 Å². The van der Waals surface area contributed by atoms with E-state index >= 15 is 0 Å². The van der Waals surface area contributed by atoms with Crippen LogP contribution < -0.4 is 16.8 Å². The predicted octanol–water partition coefficient (Wildman–Crippen LogP) is -0.770. The van der Waals surface area contributed by atoms with E-state index in [0.29, 0.717) is 17.2 Å². The van der Waals surface area contributed by atoms with Crippen molar-refractivity contribution < 1.29 is 9.90 Å². The number of rotatable bonds is 4. The topological polar surface area (TPSA) is 114 Å². The Hall–Kier alpha value is -1.82. The molecule has 82 valence electrons. The van der Waals surface area contributed by atoms with E-state index in [1.807, 2.05) is 0 Å². The zero-order valence-electron chi connectivity index (χ0n) is 8.40. The van der Waals surface area contributed by atoms with Crippen molar-refractivity contribution >= 4 is 17.4 Å².